The van der Waals surface area contributed by atoms with E-state index >= 15 is 0 Å². The maximum absolute atomic E-state index is 2.42. The molecule has 0 nitrogen and oxygen atoms in total. The SMILES string of the molecule is CC.CC1=CCCCC1(C)C(C)C. The van der Waals surface area contributed by atoms with Gasteiger partial charge < -0.3 is 0 Å². The van der Waals surface area contributed by atoms with Crippen LogP contribution in [0, 0.1) is 11.3 Å². The molecule has 0 aromatic heterocycles. The molecule has 1 aliphatic carbocycles. The van der Waals surface area contributed by atoms with Gasteiger partial charge in [0.25, 0.3) is 0 Å². The van der Waals surface area contributed by atoms with Gasteiger partial charge >= 0.3 is 0 Å². The van der Waals surface area contributed by atoms with Crippen molar-refractivity contribution in [3.63, 3.8) is 0 Å². The van der Waals surface area contributed by atoms with Gasteiger partial charge in [-0.2, -0.15) is 0 Å². The fourth-order valence-electron chi connectivity index (χ4n) is 1.96. The van der Waals surface area contributed by atoms with E-state index in [-0.39, 0.29) is 0 Å². The Hall–Kier alpha value is -0.260. The average molecular weight is 182 g/mol. The minimum absolute atomic E-state index is 0.498. The standard InChI is InChI=1S/C11H20.C2H6/c1-9(2)11(4)8-6-5-7-10(11)3;1-2/h7,9H,5-6,8H2,1-4H3;1-2H3. The average Bonchev–Trinajstić information content (AvgIpc) is 2.13. The van der Waals surface area contributed by atoms with Crippen LogP contribution in [0.15, 0.2) is 11.6 Å². The first-order chi connectivity index (χ1) is 6.07. The third kappa shape index (κ3) is 2.86. The Morgan fingerprint density at radius 3 is 2.15 bits per heavy atom. The van der Waals surface area contributed by atoms with Crippen molar-refractivity contribution in [2.75, 3.05) is 0 Å². The molecule has 0 spiro atoms. The zero-order valence-corrected chi connectivity index (χ0v) is 10.3. The van der Waals surface area contributed by atoms with Crippen LogP contribution < -0.4 is 0 Å². The number of rotatable bonds is 1. The molecular weight excluding hydrogens is 156 g/mol. The number of hydrogen-bond acceptors (Lipinski definition) is 0. The van der Waals surface area contributed by atoms with Crippen molar-refractivity contribution in [2.24, 2.45) is 11.3 Å². The quantitative estimate of drug-likeness (QED) is 0.511. The van der Waals surface area contributed by atoms with Gasteiger partial charge in [0.15, 0.2) is 0 Å². The smallest absolute Gasteiger partial charge is 0.00961 e. The molecule has 0 aliphatic heterocycles. The summed E-state index contributed by atoms with van der Waals surface area (Å²) in [7, 11) is 0. The predicted molar refractivity (Wildman–Crippen MR) is 61.9 cm³/mol. The molecule has 0 N–H and O–H groups in total. The molecule has 0 fully saturated rings. The molecule has 0 heterocycles. The summed E-state index contributed by atoms with van der Waals surface area (Å²) in [4.78, 5) is 0. The lowest BCUT2D eigenvalue weighted by Crippen LogP contribution is -2.26. The highest BCUT2D eigenvalue weighted by Crippen LogP contribution is 2.42. The summed E-state index contributed by atoms with van der Waals surface area (Å²) in [5.41, 5.74) is 2.11. The molecule has 0 radical (unpaired) electrons. The lowest BCUT2D eigenvalue weighted by Gasteiger charge is -2.37. The third-order valence-electron chi connectivity index (χ3n) is 3.53. The summed E-state index contributed by atoms with van der Waals surface area (Å²) in [6, 6.07) is 0. The summed E-state index contributed by atoms with van der Waals surface area (Å²) in [6.45, 7) is 13.4. The second kappa shape index (κ2) is 5.47. The summed E-state index contributed by atoms with van der Waals surface area (Å²) in [5, 5.41) is 0. The van der Waals surface area contributed by atoms with Crippen LogP contribution in [0.2, 0.25) is 0 Å². The van der Waals surface area contributed by atoms with E-state index < -0.39 is 0 Å². The molecule has 1 unspecified atom stereocenters. The van der Waals surface area contributed by atoms with Crippen molar-refractivity contribution in [2.45, 2.75) is 60.8 Å². The summed E-state index contributed by atoms with van der Waals surface area (Å²) in [5.74, 6) is 0.791. The summed E-state index contributed by atoms with van der Waals surface area (Å²) >= 11 is 0. The van der Waals surface area contributed by atoms with Crippen LogP contribution in [0.25, 0.3) is 0 Å². The predicted octanol–water partition coefficient (Wildman–Crippen LogP) is 4.81. The zero-order valence-electron chi connectivity index (χ0n) is 10.3. The molecule has 0 aromatic carbocycles. The topological polar surface area (TPSA) is 0 Å². The third-order valence-corrected chi connectivity index (χ3v) is 3.53. The van der Waals surface area contributed by atoms with Crippen LogP contribution in [0.4, 0.5) is 0 Å². The Balaban J connectivity index is 0.000000671. The van der Waals surface area contributed by atoms with Gasteiger partial charge in [-0.05, 0) is 37.5 Å². The molecule has 0 aromatic rings. The van der Waals surface area contributed by atoms with Gasteiger partial charge in [-0.1, -0.05) is 46.3 Å². The Kier molecular flexibility index (Phi) is 5.36. The Labute approximate surface area is 84.4 Å². The minimum atomic E-state index is 0.498. The molecule has 0 saturated carbocycles. The van der Waals surface area contributed by atoms with Crippen molar-refractivity contribution in [3.05, 3.63) is 11.6 Å². The van der Waals surface area contributed by atoms with Gasteiger partial charge in [0.1, 0.15) is 0 Å². The van der Waals surface area contributed by atoms with Crippen LogP contribution in [0.3, 0.4) is 0 Å². The molecule has 1 rings (SSSR count). The first-order valence-electron chi connectivity index (χ1n) is 5.74. The van der Waals surface area contributed by atoms with Crippen molar-refractivity contribution in [1.82, 2.24) is 0 Å². The summed E-state index contributed by atoms with van der Waals surface area (Å²) in [6.07, 6.45) is 6.48. The highest BCUT2D eigenvalue weighted by Gasteiger charge is 2.30. The lowest BCUT2D eigenvalue weighted by molar-refractivity contribution is 0.238. The van der Waals surface area contributed by atoms with Crippen LogP contribution in [0.1, 0.15) is 60.8 Å². The second-order valence-corrected chi connectivity index (χ2v) is 4.35. The highest BCUT2D eigenvalue weighted by molar-refractivity contribution is 5.14. The molecule has 0 amide bonds. The van der Waals surface area contributed by atoms with Crippen molar-refractivity contribution in [3.8, 4) is 0 Å². The zero-order chi connectivity index (χ0) is 10.5. The Bertz CT molecular complexity index is 165. The van der Waals surface area contributed by atoms with Crippen LogP contribution in [-0.4, -0.2) is 0 Å². The fraction of sp³-hybridized carbons (Fsp3) is 0.846. The van der Waals surface area contributed by atoms with Gasteiger partial charge in [0.2, 0.25) is 0 Å². The number of allylic oxidation sites excluding steroid dienone is 2. The normalized spacial score (nSPS) is 27.8. The van der Waals surface area contributed by atoms with Gasteiger partial charge in [-0.3, -0.25) is 0 Å². The van der Waals surface area contributed by atoms with Crippen molar-refractivity contribution < 1.29 is 0 Å². The largest absolute Gasteiger partial charge is 0.0850 e. The van der Waals surface area contributed by atoms with Gasteiger partial charge in [0.05, 0.1) is 0 Å². The summed E-state index contributed by atoms with van der Waals surface area (Å²) < 4.78 is 0. The second-order valence-electron chi connectivity index (χ2n) is 4.35. The molecule has 1 aliphatic rings. The van der Waals surface area contributed by atoms with Crippen molar-refractivity contribution >= 4 is 0 Å². The monoisotopic (exact) mass is 182 g/mol. The van der Waals surface area contributed by atoms with Gasteiger partial charge in [-0.15, -0.1) is 0 Å². The van der Waals surface area contributed by atoms with E-state index in [2.05, 4.69) is 33.8 Å². The molecule has 0 heteroatoms. The molecule has 78 valence electrons. The van der Waals surface area contributed by atoms with E-state index in [1.807, 2.05) is 13.8 Å². The minimum Gasteiger partial charge on any atom is -0.0850 e. The highest BCUT2D eigenvalue weighted by atomic mass is 14.4. The molecule has 0 bridgehead atoms. The van der Waals surface area contributed by atoms with Crippen LogP contribution in [0.5, 0.6) is 0 Å². The van der Waals surface area contributed by atoms with Gasteiger partial charge in [-0.25, -0.2) is 0 Å². The van der Waals surface area contributed by atoms with E-state index in [0.717, 1.165) is 5.92 Å². The molecular formula is C13H26. The van der Waals surface area contributed by atoms with Gasteiger partial charge in [0, 0.05) is 0 Å². The maximum atomic E-state index is 2.42. The molecule has 0 saturated heterocycles. The van der Waals surface area contributed by atoms with Crippen LogP contribution in [-0.2, 0) is 0 Å². The molecule has 1 atom stereocenters. The maximum Gasteiger partial charge on any atom is -0.00961 e. The Morgan fingerprint density at radius 1 is 1.31 bits per heavy atom. The van der Waals surface area contributed by atoms with Crippen molar-refractivity contribution in [1.29, 1.82) is 0 Å². The van der Waals surface area contributed by atoms with E-state index in [0.29, 0.717) is 5.41 Å². The van der Waals surface area contributed by atoms with E-state index in [1.54, 1.807) is 5.57 Å². The first kappa shape index (κ1) is 12.7. The lowest BCUT2D eigenvalue weighted by atomic mass is 9.67. The van der Waals surface area contributed by atoms with Crippen LogP contribution >= 0.6 is 0 Å². The molecule has 13 heavy (non-hydrogen) atoms. The van der Waals surface area contributed by atoms with E-state index in [1.165, 1.54) is 19.3 Å². The number of hydrogen-bond donors (Lipinski definition) is 0. The van der Waals surface area contributed by atoms with E-state index in [4.69, 9.17) is 0 Å². The Morgan fingerprint density at radius 2 is 1.85 bits per heavy atom. The first-order valence-corrected chi connectivity index (χ1v) is 5.74. The van der Waals surface area contributed by atoms with E-state index in [9.17, 15) is 0 Å². The fourth-order valence-corrected chi connectivity index (χ4v) is 1.96.